The molecule has 0 aromatic heterocycles. The van der Waals surface area contributed by atoms with Crippen LogP contribution in [0.4, 0.5) is 0 Å². The summed E-state index contributed by atoms with van der Waals surface area (Å²) < 4.78 is 9.98. The number of hydrogen-bond acceptors (Lipinski definition) is 2. The molecule has 0 amide bonds. The standard InChI is InChI=1S/C6H14O2.C2H6/c1-4-7-5-8-6(2)3;1-2/h6H,4-5H2,1-3H3;1-2H3. The topological polar surface area (TPSA) is 18.5 Å². The lowest BCUT2D eigenvalue weighted by Gasteiger charge is -2.05. The molecule has 0 aromatic rings. The normalized spacial score (nSPS) is 9.00. The minimum atomic E-state index is 0.279. The number of hydrogen-bond donors (Lipinski definition) is 0. The van der Waals surface area contributed by atoms with Crippen LogP contribution in [0.2, 0.25) is 0 Å². The second-order valence-corrected chi connectivity index (χ2v) is 1.83. The first-order chi connectivity index (χ1) is 4.77. The molecule has 64 valence electrons. The largest absolute Gasteiger partial charge is 0.356 e. The molecule has 2 heteroatoms. The Balaban J connectivity index is 0. The first-order valence-electron chi connectivity index (χ1n) is 3.96. The zero-order chi connectivity index (χ0) is 8.41. The third kappa shape index (κ3) is 15.7. The Labute approximate surface area is 64.5 Å². The monoisotopic (exact) mass is 148 g/mol. The van der Waals surface area contributed by atoms with Crippen molar-refractivity contribution in [2.75, 3.05) is 13.4 Å². The molecule has 0 aliphatic carbocycles. The van der Waals surface area contributed by atoms with E-state index in [4.69, 9.17) is 9.47 Å². The van der Waals surface area contributed by atoms with Crippen LogP contribution in [0.3, 0.4) is 0 Å². The van der Waals surface area contributed by atoms with Crippen LogP contribution in [0.15, 0.2) is 0 Å². The predicted molar refractivity (Wildman–Crippen MR) is 44.1 cm³/mol. The summed E-state index contributed by atoms with van der Waals surface area (Å²) in [6.45, 7) is 11.1. The molecule has 0 atom stereocenters. The Hall–Kier alpha value is -0.0800. The van der Waals surface area contributed by atoms with E-state index in [1.54, 1.807) is 0 Å². The van der Waals surface area contributed by atoms with Crippen LogP contribution in [0, 0.1) is 0 Å². The molecular formula is C8H20O2. The summed E-state index contributed by atoms with van der Waals surface area (Å²) in [4.78, 5) is 0. The Morgan fingerprint density at radius 2 is 1.70 bits per heavy atom. The smallest absolute Gasteiger partial charge is 0.147 e. The Morgan fingerprint density at radius 3 is 2.00 bits per heavy atom. The van der Waals surface area contributed by atoms with E-state index >= 15 is 0 Å². The van der Waals surface area contributed by atoms with E-state index in [0.717, 1.165) is 6.61 Å². The quantitative estimate of drug-likeness (QED) is 0.450. The van der Waals surface area contributed by atoms with Crippen molar-refractivity contribution < 1.29 is 9.47 Å². The van der Waals surface area contributed by atoms with Crippen LogP contribution in [0.5, 0.6) is 0 Å². The van der Waals surface area contributed by atoms with Crippen LogP contribution in [-0.4, -0.2) is 19.5 Å². The van der Waals surface area contributed by atoms with Gasteiger partial charge in [0.2, 0.25) is 0 Å². The first-order valence-corrected chi connectivity index (χ1v) is 3.96. The molecular weight excluding hydrogens is 128 g/mol. The van der Waals surface area contributed by atoms with E-state index in [1.165, 1.54) is 0 Å². The fourth-order valence-electron chi connectivity index (χ4n) is 0.268. The molecule has 0 heterocycles. The van der Waals surface area contributed by atoms with Gasteiger partial charge in [0.15, 0.2) is 0 Å². The van der Waals surface area contributed by atoms with E-state index in [1.807, 2.05) is 34.6 Å². The minimum absolute atomic E-state index is 0.279. The van der Waals surface area contributed by atoms with E-state index in [0.29, 0.717) is 6.79 Å². The highest BCUT2D eigenvalue weighted by Crippen LogP contribution is 1.86. The van der Waals surface area contributed by atoms with Crippen molar-refractivity contribution in [3.05, 3.63) is 0 Å². The van der Waals surface area contributed by atoms with Gasteiger partial charge < -0.3 is 9.47 Å². The van der Waals surface area contributed by atoms with Gasteiger partial charge in [0.05, 0.1) is 6.10 Å². The zero-order valence-electron chi connectivity index (χ0n) is 7.81. The SMILES string of the molecule is CC.CCOCOC(C)C. The lowest BCUT2D eigenvalue weighted by atomic mass is 10.5. The van der Waals surface area contributed by atoms with Crippen molar-refractivity contribution in [1.82, 2.24) is 0 Å². The van der Waals surface area contributed by atoms with Gasteiger partial charge in [0, 0.05) is 6.61 Å². The lowest BCUT2D eigenvalue weighted by molar-refractivity contribution is -0.0745. The molecule has 0 aliphatic heterocycles. The molecule has 0 radical (unpaired) electrons. The van der Waals surface area contributed by atoms with Crippen molar-refractivity contribution in [3.63, 3.8) is 0 Å². The summed E-state index contributed by atoms with van der Waals surface area (Å²) in [6.07, 6.45) is 0.279. The van der Waals surface area contributed by atoms with Gasteiger partial charge in [-0.1, -0.05) is 13.8 Å². The summed E-state index contributed by atoms with van der Waals surface area (Å²) in [5.74, 6) is 0. The fourth-order valence-corrected chi connectivity index (χ4v) is 0.268. The maximum atomic E-state index is 5.06. The molecule has 0 spiro atoms. The van der Waals surface area contributed by atoms with Gasteiger partial charge >= 0.3 is 0 Å². The van der Waals surface area contributed by atoms with E-state index in [-0.39, 0.29) is 6.10 Å². The third-order valence-electron chi connectivity index (χ3n) is 0.689. The Morgan fingerprint density at radius 1 is 1.20 bits per heavy atom. The van der Waals surface area contributed by atoms with Gasteiger partial charge in [0.25, 0.3) is 0 Å². The summed E-state index contributed by atoms with van der Waals surface area (Å²) >= 11 is 0. The first kappa shape index (κ1) is 12.6. The molecule has 0 bridgehead atoms. The van der Waals surface area contributed by atoms with E-state index in [2.05, 4.69) is 0 Å². The predicted octanol–water partition coefficient (Wildman–Crippen LogP) is 2.43. The molecule has 0 aromatic carbocycles. The van der Waals surface area contributed by atoms with E-state index < -0.39 is 0 Å². The average Bonchev–Trinajstić information content (AvgIpc) is 1.92. The van der Waals surface area contributed by atoms with Crippen LogP contribution in [0.25, 0.3) is 0 Å². The molecule has 0 unspecified atom stereocenters. The van der Waals surface area contributed by atoms with Gasteiger partial charge in [-0.05, 0) is 20.8 Å². The zero-order valence-corrected chi connectivity index (χ0v) is 7.81. The van der Waals surface area contributed by atoms with Crippen LogP contribution >= 0.6 is 0 Å². The maximum absolute atomic E-state index is 5.06. The number of ether oxygens (including phenoxy) is 2. The minimum Gasteiger partial charge on any atom is -0.356 e. The molecule has 0 saturated heterocycles. The molecule has 0 N–H and O–H groups in total. The van der Waals surface area contributed by atoms with Gasteiger partial charge in [-0.15, -0.1) is 0 Å². The highest BCUT2D eigenvalue weighted by atomic mass is 16.7. The van der Waals surface area contributed by atoms with Crippen LogP contribution in [-0.2, 0) is 9.47 Å². The molecule has 10 heavy (non-hydrogen) atoms. The highest BCUT2D eigenvalue weighted by molar-refractivity contribution is 4.29. The Bertz CT molecular complexity index is 44.5. The van der Waals surface area contributed by atoms with Gasteiger partial charge in [-0.25, -0.2) is 0 Å². The lowest BCUT2D eigenvalue weighted by Crippen LogP contribution is -2.06. The van der Waals surface area contributed by atoms with Gasteiger partial charge in [-0.3, -0.25) is 0 Å². The van der Waals surface area contributed by atoms with Gasteiger partial charge in [-0.2, -0.15) is 0 Å². The van der Waals surface area contributed by atoms with Gasteiger partial charge in [0.1, 0.15) is 6.79 Å². The van der Waals surface area contributed by atoms with Crippen molar-refractivity contribution in [1.29, 1.82) is 0 Å². The average molecular weight is 148 g/mol. The van der Waals surface area contributed by atoms with Crippen molar-refractivity contribution in [3.8, 4) is 0 Å². The summed E-state index contributed by atoms with van der Waals surface area (Å²) in [7, 11) is 0. The molecule has 0 rings (SSSR count). The number of rotatable bonds is 4. The third-order valence-corrected chi connectivity index (χ3v) is 0.689. The summed E-state index contributed by atoms with van der Waals surface area (Å²) in [5.41, 5.74) is 0. The highest BCUT2D eigenvalue weighted by Gasteiger charge is 1.88. The second kappa shape index (κ2) is 11.7. The molecule has 2 nitrogen and oxygen atoms in total. The molecule has 0 saturated carbocycles. The summed E-state index contributed by atoms with van der Waals surface area (Å²) in [6, 6.07) is 0. The maximum Gasteiger partial charge on any atom is 0.147 e. The van der Waals surface area contributed by atoms with Crippen molar-refractivity contribution in [2.24, 2.45) is 0 Å². The van der Waals surface area contributed by atoms with Crippen LogP contribution < -0.4 is 0 Å². The second-order valence-electron chi connectivity index (χ2n) is 1.83. The fraction of sp³-hybridized carbons (Fsp3) is 1.00. The molecule has 0 aliphatic rings. The van der Waals surface area contributed by atoms with Crippen molar-refractivity contribution >= 4 is 0 Å². The summed E-state index contributed by atoms with van der Waals surface area (Å²) in [5, 5.41) is 0. The van der Waals surface area contributed by atoms with Crippen LogP contribution in [0.1, 0.15) is 34.6 Å². The molecule has 0 fully saturated rings. The Kier molecular flexibility index (Phi) is 14.7. The van der Waals surface area contributed by atoms with E-state index in [9.17, 15) is 0 Å². The van der Waals surface area contributed by atoms with Crippen molar-refractivity contribution in [2.45, 2.75) is 40.7 Å².